The van der Waals surface area contributed by atoms with E-state index >= 15 is 0 Å². The van der Waals surface area contributed by atoms with E-state index in [4.69, 9.17) is 4.74 Å². The fourth-order valence-electron chi connectivity index (χ4n) is 2.21. The zero-order chi connectivity index (χ0) is 21.4. The molecule has 0 fully saturated rings. The van der Waals surface area contributed by atoms with Gasteiger partial charge >= 0.3 is 6.09 Å². The number of ether oxygens (including phenoxy) is 1. The molecule has 0 saturated heterocycles. The average molecular weight is 393 g/mol. The SMILES string of the molecule is CCNC(=NCc1cccc([N+](=O)[O-])c1)NCC(C)(C)NC(=O)OC(C)(C)C. The quantitative estimate of drug-likeness (QED) is 0.284. The number of carbonyl (C=O) groups is 1. The molecular weight excluding hydrogens is 362 g/mol. The molecule has 0 heterocycles. The molecule has 0 radical (unpaired) electrons. The van der Waals surface area contributed by atoms with Crippen LogP contribution in [0.5, 0.6) is 0 Å². The van der Waals surface area contributed by atoms with Crippen LogP contribution in [-0.2, 0) is 11.3 Å². The van der Waals surface area contributed by atoms with Gasteiger partial charge in [0.05, 0.1) is 17.0 Å². The largest absolute Gasteiger partial charge is 0.444 e. The molecular formula is C19H31N5O4. The zero-order valence-corrected chi connectivity index (χ0v) is 17.5. The van der Waals surface area contributed by atoms with Gasteiger partial charge in [-0.05, 0) is 47.1 Å². The predicted octanol–water partition coefficient (Wildman–Crippen LogP) is 2.95. The van der Waals surface area contributed by atoms with Crippen molar-refractivity contribution in [1.29, 1.82) is 0 Å². The van der Waals surface area contributed by atoms with Crippen LogP contribution in [0.2, 0.25) is 0 Å². The summed E-state index contributed by atoms with van der Waals surface area (Å²) in [5, 5.41) is 20.0. The van der Waals surface area contributed by atoms with Gasteiger partial charge < -0.3 is 20.7 Å². The molecule has 0 aromatic heterocycles. The highest BCUT2D eigenvalue weighted by atomic mass is 16.6. The minimum Gasteiger partial charge on any atom is -0.444 e. The smallest absolute Gasteiger partial charge is 0.408 e. The summed E-state index contributed by atoms with van der Waals surface area (Å²) >= 11 is 0. The Bertz CT molecular complexity index is 711. The number of guanidine groups is 1. The minimum absolute atomic E-state index is 0.0355. The van der Waals surface area contributed by atoms with Crippen LogP contribution in [0.4, 0.5) is 10.5 Å². The fourth-order valence-corrected chi connectivity index (χ4v) is 2.21. The van der Waals surface area contributed by atoms with Crippen molar-refractivity contribution in [3.05, 3.63) is 39.9 Å². The standard InChI is InChI=1S/C19H31N5O4/c1-7-20-16(21-12-14-9-8-10-15(11-14)24(26)27)22-13-19(5,6)23-17(25)28-18(2,3)4/h8-11H,7,12-13H2,1-6H3,(H,23,25)(H2,20,21,22). The number of hydrogen-bond acceptors (Lipinski definition) is 5. The molecule has 0 atom stereocenters. The first-order valence-electron chi connectivity index (χ1n) is 9.18. The topological polar surface area (TPSA) is 118 Å². The molecule has 1 rings (SSSR count). The summed E-state index contributed by atoms with van der Waals surface area (Å²) in [6, 6.07) is 6.37. The molecule has 9 nitrogen and oxygen atoms in total. The molecule has 0 aliphatic heterocycles. The summed E-state index contributed by atoms with van der Waals surface area (Å²) in [5.41, 5.74) is -0.377. The Kier molecular flexibility index (Phi) is 8.21. The minimum atomic E-state index is -0.579. The number of alkyl carbamates (subject to hydrolysis) is 1. The molecule has 1 aromatic rings. The third kappa shape index (κ3) is 9.20. The lowest BCUT2D eigenvalue weighted by Crippen LogP contribution is -2.54. The van der Waals surface area contributed by atoms with Gasteiger partial charge in [0.25, 0.3) is 5.69 Å². The summed E-state index contributed by atoms with van der Waals surface area (Å²) in [5.74, 6) is 0.549. The summed E-state index contributed by atoms with van der Waals surface area (Å²) < 4.78 is 5.29. The Hall–Kier alpha value is -2.84. The van der Waals surface area contributed by atoms with Crippen molar-refractivity contribution >= 4 is 17.7 Å². The van der Waals surface area contributed by atoms with E-state index in [0.29, 0.717) is 19.0 Å². The van der Waals surface area contributed by atoms with Gasteiger partial charge in [-0.15, -0.1) is 0 Å². The van der Waals surface area contributed by atoms with Crippen LogP contribution in [0, 0.1) is 10.1 Å². The summed E-state index contributed by atoms with van der Waals surface area (Å²) in [7, 11) is 0. The Morgan fingerprint density at radius 3 is 2.46 bits per heavy atom. The molecule has 0 saturated carbocycles. The van der Waals surface area contributed by atoms with E-state index in [1.54, 1.807) is 12.1 Å². The highest BCUT2D eigenvalue weighted by molar-refractivity contribution is 5.80. The number of carbonyl (C=O) groups excluding carboxylic acids is 1. The van der Waals surface area contributed by atoms with E-state index in [9.17, 15) is 14.9 Å². The van der Waals surface area contributed by atoms with E-state index in [0.717, 1.165) is 5.56 Å². The molecule has 28 heavy (non-hydrogen) atoms. The lowest BCUT2D eigenvalue weighted by Gasteiger charge is -2.29. The van der Waals surface area contributed by atoms with Crippen LogP contribution in [-0.4, -0.2) is 41.2 Å². The first kappa shape index (κ1) is 23.2. The highest BCUT2D eigenvalue weighted by Crippen LogP contribution is 2.13. The van der Waals surface area contributed by atoms with Gasteiger partial charge in [-0.2, -0.15) is 0 Å². The number of hydrogen-bond donors (Lipinski definition) is 3. The van der Waals surface area contributed by atoms with Crippen molar-refractivity contribution in [2.45, 2.75) is 59.2 Å². The Balaban J connectivity index is 2.70. The number of non-ortho nitro benzene ring substituents is 1. The molecule has 156 valence electrons. The number of nitro benzene ring substituents is 1. The highest BCUT2D eigenvalue weighted by Gasteiger charge is 2.24. The number of benzene rings is 1. The van der Waals surface area contributed by atoms with E-state index < -0.39 is 22.2 Å². The normalized spacial score (nSPS) is 12.3. The van der Waals surface area contributed by atoms with Crippen molar-refractivity contribution < 1.29 is 14.5 Å². The number of rotatable bonds is 7. The number of nitro groups is 1. The van der Waals surface area contributed by atoms with E-state index in [1.165, 1.54) is 12.1 Å². The maximum Gasteiger partial charge on any atom is 0.408 e. The van der Waals surface area contributed by atoms with Crippen molar-refractivity contribution in [2.75, 3.05) is 13.1 Å². The molecule has 0 spiro atoms. The third-order valence-electron chi connectivity index (χ3n) is 3.42. The van der Waals surface area contributed by atoms with E-state index in [-0.39, 0.29) is 12.2 Å². The molecule has 3 N–H and O–H groups in total. The maximum absolute atomic E-state index is 12.0. The van der Waals surface area contributed by atoms with Crippen molar-refractivity contribution in [3.63, 3.8) is 0 Å². The van der Waals surface area contributed by atoms with Crippen molar-refractivity contribution in [3.8, 4) is 0 Å². The van der Waals surface area contributed by atoms with Gasteiger partial charge in [-0.1, -0.05) is 12.1 Å². The van der Waals surface area contributed by atoms with Gasteiger partial charge in [0, 0.05) is 25.2 Å². The van der Waals surface area contributed by atoms with Crippen LogP contribution in [0.15, 0.2) is 29.3 Å². The summed E-state index contributed by atoms with van der Waals surface area (Å²) in [6.45, 7) is 12.5. The Morgan fingerprint density at radius 2 is 1.89 bits per heavy atom. The lowest BCUT2D eigenvalue weighted by molar-refractivity contribution is -0.384. The number of nitrogens with one attached hydrogen (secondary N) is 3. The molecule has 0 unspecified atom stereocenters. The van der Waals surface area contributed by atoms with Gasteiger partial charge in [0.2, 0.25) is 0 Å². The molecule has 9 heteroatoms. The van der Waals surface area contributed by atoms with Gasteiger partial charge in [0.15, 0.2) is 5.96 Å². The van der Waals surface area contributed by atoms with Crippen molar-refractivity contribution in [2.24, 2.45) is 4.99 Å². The number of nitrogens with zero attached hydrogens (tertiary/aromatic N) is 2. The number of amides is 1. The number of aliphatic imine (C=N–C) groups is 1. The molecule has 1 aromatic carbocycles. The fraction of sp³-hybridized carbons (Fsp3) is 0.579. The molecule has 0 aliphatic carbocycles. The third-order valence-corrected chi connectivity index (χ3v) is 3.42. The summed E-state index contributed by atoms with van der Waals surface area (Å²) in [6.07, 6.45) is -0.488. The summed E-state index contributed by atoms with van der Waals surface area (Å²) in [4.78, 5) is 26.9. The predicted molar refractivity (Wildman–Crippen MR) is 109 cm³/mol. The van der Waals surface area contributed by atoms with Crippen LogP contribution >= 0.6 is 0 Å². The van der Waals surface area contributed by atoms with E-state index in [1.807, 2.05) is 41.5 Å². The van der Waals surface area contributed by atoms with Gasteiger partial charge in [0.1, 0.15) is 5.60 Å². The van der Waals surface area contributed by atoms with Crippen molar-refractivity contribution in [1.82, 2.24) is 16.0 Å². The second-order valence-corrected chi connectivity index (χ2v) is 7.99. The van der Waals surface area contributed by atoms with Gasteiger partial charge in [-0.25, -0.2) is 9.79 Å². The van der Waals surface area contributed by atoms with Gasteiger partial charge in [-0.3, -0.25) is 10.1 Å². The first-order valence-corrected chi connectivity index (χ1v) is 9.18. The average Bonchev–Trinajstić information content (AvgIpc) is 2.55. The Labute approximate surface area is 166 Å². The zero-order valence-electron chi connectivity index (χ0n) is 17.5. The monoisotopic (exact) mass is 393 g/mol. The van der Waals surface area contributed by atoms with Crippen LogP contribution in [0.3, 0.4) is 0 Å². The lowest BCUT2D eigenvalue weighted by atomic mass is 10.1. The van der Waals surface area contributed by atoms with Crippen LogP contribution in [0.25, 0.3) is 0 Å². The second-order valence-electron chi connectivity index (χ2n) is 7.99. The Morgan fingerprint density at radius 1 is 1.21 bits per heavy atom. The van der Waals surface area contributed by atoms with E-state index in [2.05, 4.69) is 20.9 Å². The second kappa shape index (κ2) is 9.91. The first-order chi connectivity index (χ1) is 12.9. The molecule has 0 bridgehead atoms. The van der Waals surface area contributed by atoms with Crippen LogP contribution in [0.1, 0.15) is 47.1 Å². The maximum atomic E-state index is 12.0. The van der Waals surface area contributed by atoms with Crippen LogP contribution < -0.4 is 16.0 Å². The molecule has 0 aliphatic rings. The molecule has 1 amide bonds.